The fourth-order valence-electron chi connectivity index (χ4n) is 3.14. The zero-order valence-electron chi connectivity index (χ0n) is 16.1. The highest BCUT2D eigenvalue weighted by Crippen LogP contribution is 2.39. The zero-order chi connectivity index (χ0) is 22.8. The topological polar surface area (TPSA) is 160 Å². The molecule has 1 heterocycles. The molecule has 0 aliphatic carbocycles. The van der Waals surface area contributed by atoms with Crippen LogP contribution < -0.4 is 0 Å². The van der Waals surface area contributed by atoms with Gasteiger partial charge in [-0.1, -0.05) is 60.7 Å². The summed E-state index contributed by atoms with van der Waals surface area (Å²) in [5, 5.41) is 39.1. The van der Waals surface area contributed by atoms with Crippen LogP contribution in [-0.4, -0.2) is 29.5 Å². The summed E-state index contributed by atoms with van der Waals surface area (Å²) in [4.78, 5) is 36.4. The minimum atomic E-state index is -0.932. The summed E-state index contributed by atoms with van der Waals surface area (Å²) in [5.41, 5.74) is -1.92. The highest BCUT2D eigenvalue weighted by Gasteiger charge is 2.34. The number of nitro groups is 3. The number of benzene rings is 3. The van der Waals surface area contributed by atoms with E-state index < -0.39 is 37.5 Å². The fraction of sp³-hybridized carbons (Fsp3) is 0. The second-order valence-corrected chi connectivity index (χ2v) is 6.51. The molecule has 0 saturated heterocycles. The Morgan fingerprint density at radius 3 is 1.66 bits per heavy atom. The molecule has 0 N–H and O–H groups in total. The number of hydrogen-bond acceptors (Lipinski definition) is 8. The highest BCUT2D eigenvalue weighted by molar-refractivity contribution is 5.73. The third kappa shape index (κ3) is 3.63. The monoisotopic (exact) mass is 432 g/mol. The Bertz CT molecular complexity index is 1320. The molecular weight excluding hydrogens is 420 g/mol. The summed E-state index contributed by atoms with van der Waals surface area (Å²) in [6.07, 6.45) is 0. The molecule has 0 aliphatic rings. The molecule has 0 radical (unpaired) electrons. The van der Waals surface area contributed by atoms with E-state index in [1.165, 1.54) is 0 Å². The van der Waals surface area contributed by atoms with E-state index in [0.29, 0.717) is 23.3 Å². The van der Waals surface area contributed by atoms with Crippen molar-refractivity contribution in [3.63, 3.8) is 0 Å². The van der Waals surface area contributed by atoms with Gasteiger partial charge in [-0.05, 0) is 0 Å². The van der Waals surface area contributed by atoms with Gasteiger partial charge < -0.3 is 0 Å². The first-order chi connectivity index (χ1) is 15.4. The van der Waals surface area contributed by atoms with Gasteiger partial charge in [-0.2, -0.15) is 4.68 Å². The molecule has 0 atom stereocenters. The molecule has 0 saturated carbocycles. The van der Waals surface area contributed by atoms with E-state index in [9.17, 15) is 30.3 Å². The zero-order valence-corrected chi connectivity index (χ0v) is 16.1. The van der Waals surface area contributed by atoms with E-state index in [-0.39, 0.29) is 11.6 Å². The Labute approximate surface area is 178 Å². The molecule has 0 aliphatic heterocycles. The summed E-state index contributed by atoms with van der Waals surface area (Å²) >= 11 is 0. The van der Waals surface area contributed by atoms with Crippen LogP contribution in [0.3, 0.4) is 0 Å². The van der Waals surface area contributed by atoms with Crippen molar-refractivity contribution < 1.29 is 14.8 Å². The van der Waals surface area contributed by atoms with Crippen LogP contribution in [0.5, 0.6) is 0 Å². The van der Waals surface area contributed by atoms with Gasteiger partial charge in [0.25, 0.3) is 5.69 Å². The molecular formula is C20H12N6O6. The van der Waals surface area contributed by atoms with Crippen molar-refractivity contribution in [2.24, 2.45) is 0 Å². The van der Waals surface area contributed by atoms with Crippen molar-refractivity contribution in [1.82, 2.24) is 14.8 Å². The molecule has 0 amide bonds. The van der Waals surface area contributed by atoms with E-state index >= 15 is 0 Å². The molecule has 0 fully saturated rings. The van der Waals surface area contributed by atoms with Crippen LogP contribution in [-0.2, 0) is 0 Å². The Morgan fingerprint density at radius 2 is 1.19 bits per heavy atom. The van der Waals surface area contributed by atoms with Crippen LogP contribution in [0.25, 0.3) is 28.5 Å². The van der Waals surface area contributed by atoms with E-state index in [2.05, 4.69) is 10.1 Å². The molecule has 3 aromatic carbocycles. The van der Waals surface area contributed by atoms with Gasteiger partial charge in [0, 0.05) is 11.1 Å². The van der Waals surface area contributed by atoms with Gasteiger partial charge in [0.15, 0.2) is 11.6 Å². The number of nitro benzene ring substituents is 3. The van der Waals surface area contributed by atoms with Crippen LogP contribution in [0, 0.1) is 30.3 Å². The van der Waals surface area contributed by atoms with Gasteiger partial charge in [-0.3, -0.25) is 30.3 Å². The van der Waals surface area contributed by atoms with Crippen molar-refractivity contribution in [2.75, 3.05) is 0 Å². The summed E-state index contributed by atoms with van der Waals surface area (Å²) in [6.45, 7) is 0. The third-order valence-electron chi connectivity index (χ3n) is 4.54. The summed E-state index contributed by atoms with van der Waals surface area (Å²) in [5.74, 6) is 0.274. The van der Waals surface area contributed by atoms with E-state index in [4.69, 9.17) is 0 Å². The van der Waals surface area contributed by atoms with Crippen molar-refractivity contribution in [3.8, 4) is 28.5 Å². The van der Waals surface area contributed by atoms with Gasteiger partial charge in [0.2, 0.25) is 5.69 Å². The average molecular weight is 432 g/mol. The molecule has 4 rings (SSSR count). The molecule has 12 heteroatoms. The molecule has 0 spiro atoms. The van der Waals surface area contributed by atoms with Crippen molar-refractivity contribution >= 4 is 17.1 Å². The van der Waals surface area contributed by atoms with Crippen LogP contribution >= 0.6 is 0 Å². The number of aromatic nitrogens is 3. The highest BCUT2D eigenvalue weighted by atomic mass is 16.6. The largest absolute Gasteiger partial charge is 0.308 e. The van der Waals surface area contributed by atoms with Crippen molar-refractivity contribution in [1.29, 1.82) is 0 Å². The predicted molar refractivity (Wildman–Crippen MR) is 112 cm³/mol. The first kappa shape index (κ1) is 20.3. The first-order valence-electron chi connectivity index (χ1n) is 9.06. The molecule has 158 valence electrons. The smallest absolute Gasteiger partial charge is 0.258 e. The standard InChI is InChI=1S/C20H12N6O6/c27-24(28)15-11-16(25(29)30)18(17(12-15)26(31)32)23-20(14-9-5-2-6-10-14)21-19(22-23)13-7-3-1-4-8-13/h1-12H. The maximum atomic E-state index is 11.8. The van der Waals surface area contributed by atoms with E-state index in [1.807, 2.05) is 0 Å². The normalized spacial score (nSPS) is 10.6. The minimum Gasteiger partial charge on any atom is -0.258 e. The number of hydrogen-bond donors (Lipinski definition) is 0. The second kappa shape index (κ2) is 8.02. The maximum absolute atomic E-state index is 11.8. The Kier molecular flexibility index (Phi) is 5.09. The van der Waals surface area contributed by atoms with Crippen LogP contribution in [0.15, 0.2) is 72.8 Å². The molecule has 0 unspecified atom stereocenters. The van der Waals surface area contributed by atoms with Gasteiger partial charge in [-0.15, -0.1) is 5.10 Å². The Morgan fingerprint density at radius 1 is 0.688 bits per heavy atom. The first-order valence-corrected chi connectivity index (χ1v) is 9.06. The quantitative estimate of drug-likeness (QED) is 0.321. The summed E-state index contributed by atoms with van der Waals surface area (Å²) in [6, 6.07) is 18.5. The Hall–Kier alpha value is -5.00. The van der Waals surface area contributed by atoms with Crippen molar-refractivity contribution in [3.05, 3.63) is 103 Å². The van der Waals surface area contributed by atoms with E-state index in [1.54, 1.807) is 60.7 Å². The minimum absolute atomic E-state index is 0.101. The molecule has 0 bridgehead atoms. The molecule has 4 aromatic rings. The third-order valence-corrected chi connectivity index (χ3v) is 4.54. The van der Waals surface area contributed by atoms with Crippen LogP contribution in [0.1, 0.15) is 0 Å². The van der Waals surface area contributed by atoms with Gasteiger partial charge in [0.1, 0.15) is 0 Å². The number of rotatable bonds is 6. The van der Waals surface area contributed by atoms with E-state index in [0.717, 1.165) is 4.68 Å². The average Bonchev–Trinajstić information content (AvgIpc) is 3.24. The summed E-state index contributed by atoms with van der Waals surface area (Å²) in [7, 11) is 0. The fourth-order valence-corrected chi connectivity index (χ4v) is 3.14. The maximum Gasteiger partial charge on any atom is 0.308 e. The molecule has 32 heavy (non-hydrogen) atoms. The SMILES string of the molecule is O=[N+]([O-])c1cc([N+](=O)[O-])c(-n2nc(-c3ccccc3)nc2-c2ccccc2)c([N+](=O)[O-])c1. The van der Waals surface area contributed by atoms with Crippen LogP contribution in [0.2, 0.25) is 0 Å². The predicted octanol–water partition coefficient (Wildman–Crippen LogP) is 4.33. The molecule has 12 nitrogen and oxygen atoms in total. The van der Waals surface area contributed by atoms with Gasteiger partial charge in [0.05, 0.1) is 26.9 Å². The lowest BCUT2D eigenvalue weighted by atomic mass is 10.1. The van der Waals surface area contributed by atoms with Gasteiger partial charge >= 0.3 is 11.4 Å². The molecule has 1 aromatic heterocycles. The van der Waals surface area contributed by atoms with Crippen molar-refractivity contribution in [2.45, 2.75) is 0 Å². The number of non-ortho nitro benzene ring substituents is 1. The lowest BCUT2D eigenvalue weighted by Crippen LogP contribution is -2.08. The van der Waals surface area contributed by atoms with Gasteiger partial charge in [-0.25, -0.2) is 4.98 Å². The summed E-state index contributed by atoms with van der Waals surface area (Å²) < 4.78 is 0.984. The van der Waals surface area contributed by atoms with Crippen LogP contribution in [0.4, 0.5) is 17.1 Å². The Balaban J connectivity index is 2.09. The lowest BCUT2D eigenvalue weighted by molar-refractivity contribution is -0.402. The second-order valence-electron chi connectivity index (χ2n) is 6.51. The number of nitrogens with zero attached hydrogens (tertiary/aromatic N) is 6. The lowest BCUT2D eigenvalue weighted by Gasteiger charge is -2.07.